The molecule has 0 bridgehead atoms. The summed E-state index contributed by atoms with van der Waals surface area (Å²) in [4.78, 5) is 0. The van der Waals surface area contributed by atoms with Crippen LogP contribution < -0.4 is 5.73 Å². The Morgan fingerprint density at radius 2 is 1.95 bits per heavy atom. The number of nitrogens with zero attached hydrogens (tertiary/aromatic N) is 3. The van der Waals surface area contributed by atoms with E-state index in [1.807, 2.05) is 29.1 Å². The molecule has 2 aromatic rings. The molecule has 2 atom stereocenters. The van der Waals surface area contributed by atoms with E-state index in [4.69, 9.17) is 5.73 Å². The molecule has 0 aliphatic heterocycles. The van der Waals surface area contributed by atoms with Gasteiger partial charge in [0.2, 0.25) is 0 Å². The maximum atomic E-state index is 5.94. The Morgan fingerprint density at radius 3 is 2.74 bits per heavy atom. The topological polar surface area (TPSA) is 56.7 Å². The second kappa shape index (κ2) is 5.53. The van der Waals surface area contributed by atoms with Crippen LogP contribution >= 0.6 is 0 Å². The van der Waals surface area contributed by atoms with E-state index in [0.717, 1.165) is 12.2 Å². The van der Waals surface area contributed by atoms with Gasteiger partial charge in [0.1, 0.15) is 0 Å². The molecule has 0 saturated heterocycles. The Labute approximate surface area is 113 Å². The third-order valence-electron chi connectivity index (χ3n) is 4.17. The summed E-state index contributed by atoms with van der Waals surface area (Å²) in [6, 6.07) is 10.2. The van der Waals surface area contributed by atoms with Crippen molar-refractivity contribution in [1.82, 2.24) is 15.0 Å². The number of para-hydroxylation sites is 1. The quantitative estimate of drug-likeness (QED) is 0.918. The summed E-state index contributed by atoms with van der Waals surface area (Å²) in [5, 5.41) is 8.37. The molecule has 100 valence electrons. The van der Waals surface area contributed by atoms with Gasteiger partial charge in [-0.2, -0.15) is 0 Å². The molecule has 3 rings (SSSR count). The minimum Gasteiger partial charge on any atom is -0.330 e. The van der Waals surface area contributed by atoms with Gasteiger partial charge >= 0.3 is 0 Å². The minimum absolute atomic E-state index is 0.494. The van der Waals surface area contributed by atoms with Crippen molar-refractivity contribution in [2.24, 2.45) is 11.7 Å². The fourth-order valence-electron chi connectivity index (χ4n) is 3.14. The van der Waals surface area contributed by atoms with Crippen LogP contribution in [0, 0.1) is 5.92 Å². The van der Waals surface area contributed by atoms with E-state index in [0.29, 0.717) is 11.8 Å². The first-order valence-electron chi connectivity index (χ1n) is 7.06. The molecule has 0 spiro atoms. The SMILES string of the molecule is NCC1CCCCC1c1cnnn1-c1ccccc1. The second-order valence-electron chi connectivity index (χ2n) is 5.29. The minimum atomic E-state index is 0.494. The van der Waals surface area contributed by atoms with Crippen molar-refractivity contribution in [1.29, 1.82) is 0 Å². The summed E-state index contributed by atoms with van der Waals surface area (Å²) in [6.45, 7) is 0.755. The van der Waals surface area contributed by atoms with Gasteiger partial charge in [-0.15, -0.1) is 5.10 Å². The maximum Gasteiger partial charge on any atom is 0.0732 e. The fourth-order valence-corrected chi connectivity index (χ4v) is 3.14. The van der Waals surface area contributed by atoms with Crippen LogP contribution in [-0.4, -0.2) is 21.5 Å². The van der Waals surface area contributed by atoms with E-state index in [1.54, 1.807) is 0 Å². The van der Waals surface area contributed by atoms with Gasteiger partial charge in [0.05, 0.1) is 17.6 Å². The van der Waals surface area contributed by atoms with Crippen LogP contribution in [0.5, 0.6) is 0 Å². The van der Waals surface area contributed by atoms with Gasteiger partial charge < -0.3 is 5.73 Å². The normalized spacial score (nSPS) is 23.4. The molecule has 0 amide bonds. The van der Waals surface area contributed by atoms with E-state index in [2.05, 4.69) is 22.4 Å². The molecular formula is C15H20N4. The van der Waals surface area contributed by atoms with Crippen LogP contribution in [0.1, 0.15) is 37.3 Å². The smallest absolute Gasteiger partial charge is 0.0732 e. The van der Waals surface area contributed by atoms with Gasteiger partial charge in [-0.3, -0.25) is 0 Å². The van der Waals surface area contributed by atoms with Crippen molar-refractivity contribution in [3.63, 3.8) is 0 Å². The molecule has 4 nitrogen and oxygen atoms in total. The Bertz CT molecular complexity index is 520. The molecule has 19 heavy (non-hydrogen) atoms. The lowest BCUT2D eigenvalue weighted by Crippen LogP contribution is -2.26. The zero-order valence-electron chi connectivity index (χ0n) is 11.1. The molecule has 0 radical (unpaired) electrons. The Kier molecular flexibility index (Phi) is 3.60. The van der Waals surface area contributed by atoms with Crippen LogP contribution in [0.4, 0.5) is 0 Å². The van der Waals surface area contributed by atoms with Gasteiger partial charge in [-0.05, 0) is 37.4 Å². The van der Waals surface area contributed by atoms with Crippen molar-refractivity contribution in [3.8, 4) is 5.69 Å². The first-order chi connectivity index (χ1) is 9.40. The largest absolute Gasteiger partial charge is 0.330 e. The average Bonchev–Trinajstić information content (AvgIpc) is 2.97. The number of rotatable bonds is 3. The lowest BCUT2D eigenvalue weighted by atomic mass is 9.77. The highest BCUT2D eigenvalue weighted by molar-refractivity contribution is 5.32. The van der Waals surface area contributed by atoms with E-state index < -0.39 is 0 Å². The standard InChI is InChI=1S/C15H20N4/c16-10-12-6-4-5-9-14(12)15-11-17-18-19(15)13-7-2-1-3-8-13/h1-3,7-8,11-12,14H,4-6,9-10,16H2. The third kappa shape index (κ3) is 2.40. The van der Waals surface area contributed by atoms with E-state index >= 15 is 0 Å². The number of aromatic nitrogens is 3. The Hall–Kier alpha value is -1.68. The van der Waals surface area contributed by atoms with Crippen LogP contribution in [-0.2, 0) is 0 Å². The highest BCUT2D eigenvalue weighted by Crippen LogP contribution is 2.37. The van der Waals surface area contributed by atoms with Crippen molar-refractivity contribution in [3.05, 3.63) is 42.2 Å². The summed E-state index contributed by atoms with van der Waals surface area (Å²) in [5.41, 5.74) is 8.23. The molecule has 1 aliphatic carbocycles. The summed E-state index contributed by atoms with van der Waals surface area (Å²) in [5.74, 6) is 1.06. The van der Waals surface area contributed by atoms with E-state index in [9.17, 15) is 0 Å². The first-order valence-corrected chi connectivity index (χ1v) is 7.06. The van der Waals surface area contributed by atoms with Gasteiger partial charge in [-0.25, -0.2) is 4.68 Å². The number of hydrogen-bond donors (Lipinski definition) is 1. The monoisotopic (exact) mass is 256 g/mol. The first kappa shape index (κ1) is 12.4. The maximum absolute atomic E-state index is 5.94. The number of hydrogen-bond acceptors (Lipinski definition) is 3. The molecular weight excluding hydrogens is 236 g/mol. The highest BCUT2D eigenvalue weighted by atomic mass is 15.4. The predicted octanol–water partition coefficient (Wildman–Crippen LogP) is 2.50. The Morgan fingerprint density at radius 1 is 1.16 bits per heavy atom. The van der Waals surface area contributed by atoms with Gasteiger partial charge in [0.25, 0.3) is 0 Å². The van der Waals surface area contributed by atoms with Crippen LogP contribution in [0.3, 0.4) is 0 Å². The zero-order chi connectivity index (χ0) is 13.1. The van der Waals surface area contributed by atoms with E-state index in [-0.39, 0.29) is 0 Å². The molecule has 1 heterocycles. The summed E-state index contributed by atoms with van der Waals surface area (Å²) < 4.78 is 1.97. The second-order valence-corrected chi connectivity index (χ2v) is 5.29. The van der Waals surface area contributed by atoms with Crippen molar-refractivity contribution < 1.29 is 0 Å². The van der Waals surface area contributed by atoms with Crippen LogP contribution in [0.2, 0.25) is 0 Å². The van der Waals surface area contributed by atoms with Crippen molar-refractivity contribution >= 4 is 0 Å². The lowest BCUT2D eigenvalue weighted by Gasteiger charge is -2.30. The molecule has 1 aliphatic rings. The predicted molar refractivity (Wildman–Crippen MR) is 75.1 cm³/mol. The molecule has 4 heteroatoms. The zero-order valence-corrected chi connectivity index (χ0v) is 11.1. The summed E-state index contributed by atoms with van der Waals surface area (Å²) in [7, 11) is 0. The van der Waals surface area contributed by atoms with Crippen LogP contribution in [0.15, 0.2) is 36.5 Å². The molecule has 1 saturated carbocycles. The van der Waals surface area contributed by atoms with E-state index in [1.165, 1.54) is 31.4 Å². The molecule has 1 aromatic carbocycles. The number of benzene rings is 1. The third-order valence-corrected chi connectivity index (χ3v) is 4.17. The summed E-state index contributed by atoms with van der Waals surface area (Å²) in [6.07, 6.45) is 6.90. The van der Waals surface area contributed by atoms with Crippen molar-refractivity contribution in [2.75, 3.05) is 6.54 Å². The molecule has 2 unspecified atom stereocenters. The molecule has 2 N–H and O–H groups in total. The fraction of sp³-hybridized carbons (Fsp3) is 0.467. The van der Waals surface area contributed by atoms with Gasteiger partial charge in [0, 0.05) is 5.92 Å². The number of nitrogens with two attached hydrogens (primary N) is 1. The molecule has 1 aromatic heterocycles. The lowest BCUT2D eigenvalue weighted by molar-refractivity contribution is 0.306. The molecule has 1 fully saturated rings. The Balaban J connectivity index is 1.95. The highest BCUT2D eigenvalue weighted by Gasteiger charge is 2.28. The van der Waals surface area contributed by atoms with Crippen molar-refractivity contribution in [2.45, 2.75) is 31.6 Å². The van der Waals surface area contributed by atoms with Crippen LogP contribution in [0.25, 0.3) is 5.69 Å². The van der Waals surface area contributed by atoms with Gasteiger partial charge in [-0.1, -0.05) is 36.3 Å². The average molecular weight is 256 g/mol. The summed E-state index contributed by atoms with van der Waals surface area (Å²) >= 11 is 0. The van der Waals surface area contributed by atoms with Gasteiger partial charge in [0.15, 0.2) is 0 Å².